The van der Waals surface area contributed by atoms with Crippen LogP contribution in [0.4, 0.5) is 0 Å². The lowest BCUT2D eigenvalue weighted by molar-refractivity contribution is -0.134. The van der Waals surface area contributed by atoms with E-state index in [1.165, 1.54) is 13.8 Å². The summed E-state index contributed by atoms with van der Waals surface area (Å²) in [6.45, 7) is 2.86. The molecule has 0 aliphatic rings. The van der Waals surface area contributed by atoms with Gasteiger partial charge in [0, 0.05) is 13.8 Å². The first-order chi connectivity index (χ1) is 11.0. The summed E-state index contributed by atoms with van der Waals surface area (Å²) in [5, 5.41) is 0. The number of halogens is 1. The van der Waals surface area contributed by atoms with Crippen molar-refractivity contribution in [3.63, 3.8) is 0 Å². The molecule has 6 heteroatoms. The van der Waals surface area contributed by atoms with Gasteiger partial charge in [0.15, 0.2) is 11.5 Å². The third-order valence-electron chi connectivity index (χ3n) is 2.76. The second-order valence-electron chi connectivity index (χ2n) is 4.67. The van der Waals surface area contributed by atoms with Gasteiger partial charge in [-0.15, -0.1) is 0 Å². The van der Waals surface area contributed by atoms with Crippen LogP contribution in [0.15, 0.2) is 42.5 Å². The fourth-order valence-electron chi connectivity index (χ4n) is 1.85. The van der Waals surface area contributed by atoms with E-state index in [2.05, 4.69) is 0 Å². The summed E-state index contributed by atoms with van der Waals surface area (Å²) in [5.74, 6) is -0.406. The average Bonchev–Trinajstić information content (AvgIpc) is 2.50. The number of benzene rings is 2. The molecule has 5 nitrogen and oxygen atoms in total. The van der Waals surface area contributed by atoms with Crippen molar-refractivity contribution in [1.82, 2.24) is 0 Å². The van der Waals surface area contributed by atoms with Crippen LogP contribution in [0.25, 0.3) is 0 Å². The summed E-state index contributed by atoms with van der Waals surface area (Å²) < 4.78 is 16.7. The maximum atomic E-state index is 11.4. The van der Waals surface area contributed by atoms with Gasteiger partial charge in [0.2, 0.25) is 5.75 Å². The summed E-state index contributed by atoms with van der Waals surface area (Å²) in [6.07, 6.45) is 0. The molecule has 120 valence electrons. The Morgan fingerprint density at radius 3 is 2.13 bits per heavy atom. The van der Waals surface area contributed by atoms with Gasteiger partial charge in [-0.1, -0.05) is 30.3 Å². The molecule has 0 amide bonds. The van der Waals surface area contributed by atoms with Crippen molar-refractivity contribution in [2.75, 3.05) is 0 Å². The predicted molar refractivity (Wildman–Crippen MR) is 92.6 cm³/mol. The minimum absolute atomic E-state index is 0.107. The van der Waals surface area contributed by atoms with E-state index in [0.29, 0.717) is 15.9 Å². The molecule has 0 spiro atoms. The van der Waals surface area contributed by atoms with Gasteiger partial charge in [0.05, 0.1) is 3.57 Å². The Morgan fingerprint density at radius 2 is 1.52 bits per heavy atom. The van der Waals surface area contributed by atoms with E-state index in [1.807, 2.05) is 52.9 Å². The maximum Gasteiger partial charge on any atom is 0.308 e. The fraction of sp³-hybridized carbons (Fsp3) is 0.176. The van der Waals surface area contributed by atoms with Crippen molar-refractivity contribution in [1.29, 1.82) is 0 Å². The van der Waals surface area contributed by atoms with Gasteiger partial charge in [-0.3, -0.25) is 9.59 Å². The van der Waals surface area contributed by atoms with Crippen molar-refractivity contribution < 1.29 is 23.8 Å². The van der Waals surface area contributed by atoms with E-state index in [4.69, 9.17) is 14.2 Å². The Hall–Kier alpha value is -2.09. The highest BCUT2D eigenvalue weighted by Crippen LogP contribution is 2.41. The zero-order valence-corrected chi connectivity index (χ0v) is 14.8. The zero-order valence-electron chi connectivity index (χ0n) is 12.7. The van der Waals surface area contributed by atoms with Gasteiger partial charge in [0.1, 0.15) is 6.61 Å². The number of carbonyl (C=O) groups is 2. The van der Waals surface area contributed by atoms with Crippen LogP contribution < -0.4 is 14.2 Å². The van der Waals surface area contributed by atoms with Crippen molar-refractivity contribution in [3.05, 3.63) is 51.6 Å². The van der Waals surface area contributed by atoms with Gasteiger partial charge >= 0.3 is 11.9 Å². The van der Waals surface area contributed by atoms with Gasteiger partial charge in [-0.05, 0) is 40.3 Å². The summed E-state index contributed by atoms with van der Waals surface area (Å²) in [7, 11) is 0. The van der Waals surface area contributed by atoms with E-state index in [-0.39, 0.29) is 11.5 Å². The van der Waals surface area contributed by atoms with Crippen LogP contribution in [-0.4, -0.2) is 11.9 Å². The molecule has 0 aliphatic heterocycles. The molecule has 0 bridgehead atoms. The van der Waals surface area contributed by atoms with Crippen LogP contribution in [0, 0.1) is 3.57 Å². The molecule has 0 unspecified atom stereocenters. The van der Waals surface area contributed by atoms with Crippen LogP contribution in [0.3, 0.4) is 0 Å². The molecule has 2 rings (SSSR count). The van der Waals surface area contributed by atoms with E-state index >= 15 is 0 Å². The Kier molecular flexibility index (Phi) is 5.97. The minimum atomic E-state index is -0.523. The molecule has 0 aromatic heterocycles. The molecular weight excluding hydrogens is 411 g/mol. The van der Waals surface area contributed by atoms with Crippen molar-refractivity contribution in [2.24, 2.45) is 0 Å². The highest BCUT2D eigenvalue weighted by molar-refractivity contribution is 14.1. The van der Waals surface area contributed by atoms with Crippen LogP contribution in [0.5, 0.6) is 17.2 Å². The van der Waals surface area contributed by atoms with Crippen LogP contribution in [0.2, 0.25) is 0 Å². The monoisotopic (exact) mass is 426 g/mol. The molecule has 2 aromatic carbocycles. The van der Waals surface area contributed by atoms with E-state index in [0.717, 1.165) is 5.56 Å². The standard InChI is InChI=1S/C17H15IO5/c1-11(19)22-16-14(18)8-9-15(17(16)23-12(2)20)21-10-13-6-4-3-5-7-13/h3-9H,10H2,1-2H3. The Labute approximate surface area is 147 Å². The van der Waals surface area contributed by atoms with Crippen LogP contribution >= 0.6 is 22.6 Å². The lowest BCUT2D eigenvalue weighted by atomic mass is 10.2. The molecular formula is C17H15IO5. The van der Waals surface area contributed by atoms with Gasteiger partial charge < -0.3 is 14.2 Å². The van der Waals surface area contributed by atoms with E-state index in [1.54, 1.807) is 12.1 Å². The van der Waals surface area contributed by atoms with Crippen LogP contribution in [0.1, 0.15) is 19.4 Å². The number of hydrogen-bond donors (Lipinski definition) is 0. The number of rotatable bonds is 5. The molecule has 0 N–H and O–H groups in total. The summed E-state index contributed by atoms with van der Waals surface area (Å²) in [6, 6.07) is 13.0. The molecule has 0 aliphatic carbocycles. The molecule has 0 saturated carbocycles. The normalized spacial score (nSPS) is 10.0. The number of carbonyl (C=O) groups excluding carboxylic acids is 2. The molecule has 0 atom stereocenters. The van der Waals surface area contributed by atoms with Crippen molar-refractivity contribution in [2.45, 2.75) is 20.5 Å². The molecule has 0 fully saturated rings. The Morgan fingerprint density at radius 1 is 0.913 bits per heavy atom. The lowest BCUT2D eigenvalue weighted by Gasteiger charge is -2.15. The van der Waals surface area contributed by atoms with Gasteiger partial charge in [-0.2, -0.15) is 0 Å². The summed E-state index contributed by atoms with van der Waals surface area (Å²) in [4.78, 5) is 22.7. The smallest absolute Gasteiger partial charge is 0.308 e. The van der Waals surface area contributed by atoms with Gasteiger partial charge in [-0.25, -0.2) is 0 Å². The van der Waals surface area contributed by atoms with Crippen molar-refractivity contribution >= 4 is 34.5 Å². The lowest BCUT2D eigenvalue weighted by Crippen LogP contribution is -2.10. The van der Waals surface area contributed by atoms with Crippen molar-refractivity contribution in [3.8, 4) is 17.2 Å². The van der Waals surface area contributed by atoms with Gasteiger partial charge in [0.25, 0.3) is 0 Å². The molecule has 0 radical (unpaired) electrons. The fourth-order valence-corrected chi connectivity index (χ4v) is 2.38. The first kappa shape index (κ1) is 17.3. The summed E-state index contributed by atoms with van der Waals surface area (Å²) >= 11 is 2.00. The molecule has 23 heavy (non-hydrogen) atoms. The highest BCUT2D eigenvalue weighted by Gasteiger charge is 2.20. The number of esters is 2. The zero-order chi connectivity index (χ0) is 16.8. The first-order valence-electron chi connectivity index (χ1n) is 6.83. The predicted octanol–water partition coefficient (Wildman–Crippen LogP) is 3.72. The summed E-state index contributed by atoms with van der Waals surface area (Å²) in [5.41, 5.74) is 0.967. The quantitative estimate of drug-likeness (QED) is 0.415. The Balaban J connectivity index is 2.33. The third-order valence-corrected chi connectivity index (χ3v) is 3.61. The minimum Gasteiger partial charge on any atom is -0.485 e. The topological polar surface area (TPSA) is 61.8 Å². The second kappa shape index (κ2) is 7.96. The SMILES string of the molecule is CC(=O)Oc1c(I)ccc(OCc2ccccc2)c1OC(C)=O. The number of ether oxygens (including phenoxy) is 3. The molecule has 0 heterocycles. The largest absolute Gasteiger partial charge is 0.485 e. The molecule has 2 aromatic rings. The highest BCUT2D eigenvalue weighted by atomic mass is 127. The van der Waals surface area contributed by atoms with E-state index in [9.17, 15) is 9.59 Å². The number of hydrogen-bond acceptors (Lipinski definition) is 5. The van der Waals surface area contributed by atoms with Crippen LogP contribution in [-0.2, 0) is 16.2 Å². The first-order valence-corrected chi connectivity index (χ1v) is 7.91. The second-order valence-corrected chi connectivity index (χ2v) is 5.83. The molecule has 0 saturated heterocycles. The Bertz CT molecular complexity index is 712. The average molecular weight is 426 g/mol. The third kappa shape index (κ3) is 4.95. The van der Waals surface area contributed by atoms with E-state index < -0.39 is 11.9 Å². The maximum absolute atomic E-state index is 11.4.